The van der Waals surface area contributed by atoms with Crippen LogP contribution in [0.5, 0.6) is 0 Å². The fraction of sp³-hybridized carbons (Fsp3) is 0.476. The first-order chi connectivity index (χ1) is 14.8. The predicted octanol–water partition coefficient (Wildman–Crippen LogP) is -0.176. The molecule has 3 atom stereocenters. The van der Waals surface area contributed by atoms with Gasteiger partial charge in [0.15, 0.2) is 12.2 Å². The Morgan fingerprint density at radius 3 is 2.53 bits per heavy atom. The maximum absolute atomic E-state index is 13.0. The second-order valence-corrected chi connectivity index (χ2v) is 7.86. The lowest BCUT2D eigenvalue weighted by Gasteiger charge is -2.37. The Morgan fingerprint density at radius 2 is 1.97 bits per heavy atom. The molecular weight excluding hydrogens is 436 g/mol. The van der Waals surface area contributed by atoms with E-state index in [1.54, 1.807) is 27.2 Å². The molecule has 1 aliphatic rings. The van der Waals surface area contributed by atoms with Crippen LogP contribution in [-0.2, 0) is 16.1 Å². The lowest BCUT2D eigenvalue weighted by atomic mass is 10.0. The zero-order valence-electron chi connectivity index (χ0n) is 18.4. The molecule has 10 nitrogen and oxygen atoms in total. The van der Waals surface area contributed by atoms with Gasteiger partial charge in [0.25, 0.3) is 0 Å². The maximum atomic E-state index is 13.0. The molecule has 0 saturated carbocycles. The summed E-state index contributed by atoms with van der Waals surface area (Å²) in [6, 6.07) is 5.81. The number of carbonyl (C=O) groups excluding carboxylic acids is 2. The van der Waals surface area contributed by atoms with E-state index in [2.05, 4.69) is 20.9 Å². The van der Waals surface area contributed by atoms with Crippen LogP contribution in [0.2, 0.25) is 0 Å². The number of aromatic nitrogens is 1. The smallest absolute Gasteiger partial charge is 0.243 e. The van der Waals surface area contributed by atoms with Crippen LogP contribution >= 0.6 is 12.4 Å². The van der Waals surface area contributed by atoms with Crippen molar-refractivity contribution in [1.82, 2.24) is 25.8 Å². The highest BCUT2D eigenvalue weighted by atomic mass is 35.5. The summed E-state index contributed by atoms with van der Waals surface area (Å²) < 4.78 is 5.27. The van der Waals surface area contributed by atoms with Crippen molar-refractivity contribution in [3.63, 3.8) is 0 Å². The summed E-state index contributed by atoms with van der Waals surface area (Å²) >= 11 is 0. The molecule has 0 radical (unpaired) electrons. The Kier molecular flexibility index (Phi) is 8.76. The van der Waals surface area contributed by atoms with Crippen LogP contribution in [-0.4, -0.2) is 71.3 Å². The number of aliphatic hydroxyl groups is 1. The lowest BCUT2D eigenvalue weighted by molar-refractivity contribution is -0.141. The van der Waals surface area contributed by atoms with Gasteiger partial charge < -0.3 is 36.1 Å². The number of benzene rings is 1. The number of likely N-dealkylation sites (tertiary alicyclic amines) is 1. The highest BCUT2D eigenvalue weighted by Crippen LogP contribution is 2.22. The number of carbonyl (C=O) groups is 2. The molecule has 32 heavy (non-hydrogen) atoms. The van der Waals surface area contributed by atoms with Crippen LogP contribution in [0.3, 0.4) is 0 Å². The maximum Gasteiger partial charge on any atom is 0.243 e. The Hall–Kier alpha value is -2.50. The zero-order valence-corrected chi connectivity index (χ0v) is 19.2. The summed E-state index contributed by atoms with van der Waals surface area (Å²) in [4.78, 5) is 31.1. The van der Waals surface area contributed by atoms with Crippen molar-refractivity contribution in [2.75, 3.05) is 20.6 Å². The van der Waals surface area contributed by atoms with E-state index in [4.69, 9.17) is 10.2 Å². The minimum Gasteiger partial charge on any atom is -0.444 e. The molecule has 11 heteroatoms. The molecule has 2 amide bonds. The number of likely N-dealkylation sites (N-methyl/N-ethyl adjacent to an activating group) is 2. The molecule has 6 N–H and O–H groups in total. The molecular formula is C21H31ClN6O4. The van der Waals surface area contributed by atoms with E-state index in [9.17, 15) is 14.7 Å². The first-order valence-electron chi connectivity index (χ1n) is 10.2. The van der Waals surface area contributed by atoms with Crippen molar-refractivity contribution >= 4 is 24.2 Å². The van der Waals surface area contributed by atoms with E-state index in [1.807, 2.05) is 24.3 Å². The molecule has 0 aliphatic carbocycles. The number of hydrogen-bond acceptors (Lipinski definition) is 8. The van der Waals surface area contributed by atoms with E-state index in [-0.39, 0.29) is 31.3 Å². The first kappa shape index (κ1) is 25.8. The minimum absolute atomic E-state index is 0. The lowest BCUT2D eigenvalue weighted by Crippen LogP contribution is -2.68. The molecule has 0 spiro atoms. The SMILES string of the molecule is CNC(C)(NC)[C@H](N)C(=O)N1C[C@H](O)C[C@H]1C(=O)NCc1ccc(-c2cnco2)cc1.Cl. The number of oxazole rings is 1. The Labute approximate surface area is 193 Å². The van der Waals surface area contributed by atoms with Crippen molar-refractivity contribution in [2.24, 2.45) is 5.73 Å². The number of amides is 2. The van der Waals surface area contributed by atoms with Gasteiger partial charge in [-0.2, -0.15) is 0 Å². The number of rotatable bonds is 8. The monoisotopic (exact) mass is 466 g/mol. The van der Waals surface area contributed by atoms with E-state index >= 15 is 0 Å². The minimum atomic E-state index is -0.938. The summed E-state index contributed by atoms with van der Waals surface area (Å²) in [5.74, 6) is -0.0671. The number of β-amino-alcohol motifs (C(OH)–C–C–N with tert-alkyl or cyclic N) is 1. The van der Waals surface area contributed by atoms with Crippen LogP contribution in [0.15, 0.2) is 41.3 Å². The van der Waals surface area contributed by atoms with Gasteiger partial charge >= 0.3 is 0 Å². The molecule has 176 valence electrons. The third kappa shape index (κ3) is 5.45. The molecule has 2 aromatic rings. The summed E-state index contributed by atoms with van der Waals surface area (Å²) in [5.41, 5.74) is 7.11. The van der Waals surface area contributed by atoms with Gasteiger partial charge in [0, 0.05) is 25.1 Å². The van der Waals surface area contributed by atoms with Crippen molar-refractivity contribution < 1.29 is 19.1 Å². The normalized spacial score (nSPS) is 19.3. The predicted molar refractivity (Wildman–Crippen MR) is 122 cm³/mol. The van der Waals surface area contributed by atoms with Crippen LogP contribution in [0.4, 0.5) is 0 Å². The standard InChI is InChI=1S/C21H30N6O4.ClH/c1-21(23-2,24-3)18(22)20(30)27-11-15(28)8-16(27)19(29)26-9-13-4-6-14(7-5-13)17-10-25-12-31-17;/h4-7,10,12,15-16,18,23-24,28H,8-9,11,22H2,1-3H3,(H,26,29);1H/t15-,16+,18-;/m1./s1. The van der Waals surface area contributed by atoms with E-state index in [0.29, 0.717) is 12.3 Å². The van der Waals surface area contributed by atoms with Gasteiger partial charge in [-0.25, -0.2) is 4.98 Å². The fourth-order valence-electron chi connectivity index (χ4n) is 3.62. The molecule has 1 saturated heterocycles. The van der Waals surface area contributed by atoms with Gasteiger partial charge in [0.05, 0.1) is 18.0 Å². The van der Waals surface area contributed by atoms with E-state index in [1.165, 1.54) is 11.3 Å². The molecule has 1 fully saturated rings. The van der Waals surface area contributed by atoms with Crippen molar-refractivity contribution in [3.05, 3.63) is 42.4 Å². The van der Waals surface area contributed by atoms with Crippen LogP contribution in [0.1, 0.15) is 18.9 Å². The average Bonchev–Trinajstić information content (AvgIpc) is 3.46. The van der Waals surface area contributed by atoms with Gasteiger partial charge in [-0.1, -0.05) is 24.3 Å². The van der Waals surface area contributed by atoms with Crippen LogP contribution in [0.25, 0.3) is 11.3 Å². The molecule has 1 aromatic heterocycles. The Morgan fingerprint density at radius 1 is 1.31 bits per heavy atom. The number of nitrogens with two attached hydrogens (primary N) is 1. The van der Waals surface area contributed by atoms with Crippen molar-refractivity contribution in [1.29, 1.82) is 0 Å². The van der Waals surface area contributed by atoms with E-state index in [0.717, 1.165) is 11.1 Å². The molecule has 2 heterocycles. The van der Waals surface area contributed by atoms with Gasteiger partial charge in [-0.15, -0.1) is 12.4 Å². The summed E-state index contributed by atoms with van der Waals surface area (Å²) in [6.45, 7) is 2.13. The third-order valence-electron chi connectivity index (χ3n) is 5.93. The first-order valence-corrected chi connectivity index (χ1v) is 10.2. The fourth-order valence-corrected chi connectivity index (χ4v) is 3.62. The topological polar surface area (TPSA) is 146 Å². The Bertz CT molecular complexity index is 888. The quantitative estimate of drug-likeness (QED) is 0.337. The third-order valence-corrected chi connectivity index (χ3v) is 5.93. The highest BCUT2D eigenvalue weighted by molar-refractivity contribution is 5.91. The number of nitrogens with one attached hydrogen (secondary N) is 3. The van der Waals surface area contributed by atoms with Crippen molar-refractivity contribution in [2.45, 2.75) is 43.7 Å². The molecule has 3 rings (SSSR count). The summed E-state index contributed by atoms with van der Waals surface area (Å²) in [6.07, 6.45) is 2.40. The van der Waals surface area contributed by atoms with Gasteiger partial charge in [0.2, 0.25) is 11.8 Å². The molecule has 0 bridgehead atoms. The second-order valence-electron chi connectivity index (χ2n) is 7.86. The zero-order chi connectivity index (χ0) is 22.6. The molecule has 1 aliphatic heterocycles. The summed E-state index contributed by atoms with van der Waals surface area (Å²) in [5, 5.41) is 19.0. The molecule has 0 unspecified atom stereocenters. The second kappa shape index (κ2) is 10.9. The van der Waals surface area contributed by atoms with Gasteiger partial charge in [-0.05, 0) is 26.6 Å². The average molecular weight is 467 g/mol. The largest absolute Gasteiger partial charge is 0.444 e. The van der Waals surface area contributed by atoms with Gasteiger partial charge in [0.1, 0.15) is 12.1 Å². The van der Waals surface area contributed by atoms with Crippen molar-refractivity contribution in [3.8, 4) is 11.3 Å². The van der Waals surface area contributed by atoms with E-state index < -0.39 is 29.8 Å². The number of hydrogen-bond donors (Lipinski definition) is 5. The molecule has 1 aromatic carbocycles. The van der Waals surface area contributed by atoms with Crippen LogP contribution in [0, 0.1) is 0 Å². The number of aliphatic hydroxyl groups excluding tert-OH is 1. The Balaban J connectivity index is 0.00000363. The summed E-state index contributed by atoms with van der Waals surface area (Å²) in [7, 11) is 3.39. The van der Waals surface area contributed by atoms with Gasteiger partial charge in [-0.3, -0.25) is 9.59 Å². The highest BCUT2D eigenvalue weighted by Gasteiger charge is 2.44. The number of nitrogens with zero attached hydrogens (tertiary/aromatic N) is 2. The number of halogens is 1. The van der Waals surface area contributed by atoms with Crippen LogP contribution < -0.4 is 21.7 Å².